The maximum Gasteiger partial charge on any atom is 0.185 e. The molecule has 0 fully saturated rings. The van der Waals surface area contributed by atoms with Gasteiger partial charge in [-0.3, -0.25) is 4.79 Å². The molecule has 3 aromatic carbocycles. The molecule has 0 saturated carbocycles. The summed E-state index contributed by atoms with van der Waals surface area (Å²) in [6.07, 6.45) is 9.20. The molecule has 3 aromatic rings. The minimum atomic E-state index is -0.135. The summed E-state index contributed by atoms with van der Waals surface area (Å²) in [7, 11) is 6.48. The van der Waals surface area contributed by atoms with Crippen LogP contribution in [0.3, 0.4) is 0 Å². The van der Waals surface area contributed by atoms with Gasteiger partial charge in [-0.05, 0) is 66.5 Å². The monoisotopic (exact) mass is 502 g/mol. The number of carbonyl (C=O) groups excluding carboxylic acids is 1. The molecule has 0 amide bonds. The zero-order valence-corrected chi connectivity index (χ0v) is 21.9. The van der Waals surface area contributed by atoms with Gasteiger partial charge < -0.3 is 23.7 Å². The van der Waals surface area contributed by atoms with Crippen LogP contribution in [-0.2, 0) is 4.74 Å². The zero-order valence-electron chi connectivity index (χ0n) is 21.9. The van der Waals surface area contributed by atoms with Gasteiger partial charge in [0.25, 0.3) is 0 Å². The highest BCUT2D eigenvalue weighted by Crippen LogP contribution is 2.31. The lowest BCUT2D eigenvalue weighted by atomic mass is 10.0. The Bertz CT molecular complexity index is 1210. The normalized spacial score (nSPS) is 11.1. The second kappa shape index (κ2) is 14.5. The number of allylic oxidation sites excluding steroid dienone is 1. The van der Waals surface area contributed by atoms with Crippen LogP contribution < -0.4 is 18.9 Å². The van der Waals surface area contributed by atoms with Crippen LogP contribution >= 0.6 is 0 Å². The number of hydrogen-bond donors (Lipinski definition) is 0. The number of carbonyl (C=O) groups is 1. The number of rotatable bonds is 14. The molecule has 0 N–H and O–H groups in total. The average Bonchev–Trinajstić information content (AvgIpc) is 2.95. The van der Waals surface area contributed by atoms with E-state index in [1.165, 1.54) is 6.08 Å². The Hall–Kier alpha value is -4.03. The van der Waals surface area contributed by atoms with Crippen LogP contribution in [0.1, 0.15) is 39.9 Å². The van der Waals surface area contributed by atoms with Crippen molar-refractivity contribution in [2.24, 2.45) is 0 Å². The predicted octanol–water partition coefficient (Wildman–Crippen LogP) is 6.58. The molecule has 0 saturated heterocycles. The molecule has 6 nitrogen and oxygen atoms in total. The van der Waals surface area contributed by atoms with Crippen LogP contribution in [0.15, 0.2) is 66.7 Å². The van der Waals surface area contributed by atoms with E-state index in [0.717, 1.165) is 41.9 Å². The van der Waals surface area contributed by atoms with Crippen LogP contribution in [0, 0.1) is 0 Å². The van der Waals surface area contributed by atoms with Gasteiger partial charge in [-0.1, -0.05) is 36.4 Å². The average molecular weight is 503 g/mol. The third-order valence-corrected chi connectivity index (χ3v) is 5.71. The Morgan fingerprint density at radius 2 is 1.49 bits per heavy atom. The standard InChI is InChI=1S/C31H34O6/c1-33-18-5-6-19-37-26-14-11-23(12-15-26)10-13-24-20-28(35-3)22-31(36-4)29(24)16-17-30(32)25-8-7-9-27(21-25)34-2/h7-17,20-22H,5-6,18-19H2,1-4H3/b13-10+,17-16+. The molecular weight excluding hydrogens is 468 g/mol. The molecule has 0 bridgehead atoms. The van der Waals surface area contributed by atoms with Gasteiger partial charge in [0, 0.05) is 30.9 Å². The highest BCUT2D eigenvalue weighted by atomic mass is 16.5. The van der Waals surface area contributed by atoms with Crippen LogP contribution in [0.2, 0.25) is 0 Å². The Balaban J connectivity index is 1.80. The van der Waals surface area contributed by atoms with E-state index in [2.05, 4.69) is 0 Å². The first-order chi connectivity index (χ1) is 18.1. The van der Waals surface area contributed by atoms with Crippen LogP contribution in [0.4, 0.5) is 0 Å². The minimum Gasteiger partial charge on any atom is -0.497 e. The second-order valence-electron chi connectivity index (χ2n) is 8.21. The van der Waals surface area contributed by atoms with Crippen molar-refractivity contribution in [2.75, 3.05) is 41.7 Å². The molecule has 0 aromatic heterocycles. The van der Waals surface area contributed by atoms with E-state index in [0.29, 0.717) is 29.4 Å². The first-order valence-corrected chi connectivity index (χ1v) is 12.1. The summed E-state index contributed by atoms with van der Waals surface area (Å²) in [4.78, 5) is 12.8. The molecule has 0 aliphatic rings. The van der Waals surface area contributed by atoms with Gasteiger partial charge in [-0.25, -0.2) is 0 Å². The van der Waals surface area contributed by atoms with Crippen molar-refractivity contribution in [3.05, 3.63) is 89.0 Å². The van der Waals surface area contributed by atoms with E-state index in [4.69, 9.17) is 23.7 Å². The number of ether oxygens (including phenoxy) is 5. The fourth-order valence-corrected chi connectivity index (χ4v) is 3.66. The zero-order chi connectivity index (χ0) is 26.5. The second-order valence-corrected chi connectivity index (χ2v) is 8.21. The summed E-state index contributed by atoms with van der Waals surface area (Å²) in [5.41, 5.74) is 3.17. The van der Waals surface area contributed by atoms with Crippen LogP contribution in [0.25, 0.3) is 18.2 Å². The number of benzene rings is 3. The van der Waals surface area contributed by atoms with Gasteiger partial charge in [0.05, 0.1) is 27.9 Å². The van der Waals surface area contributed by atoms with Crippen molar-refractivity contribution in [2.45, 2.75) is 12.8 Å². The molecule has 3 rings (SSSR count). The van der Waals surface area contributed by atoms with Crippen LogP contribution in [-0.4, -0.2) is 47.4 Å². The molecule has 0 aliphatic heterocycles. The number of unbranched alkanes of at least 4 members (excludes halogenated alkanes) is 1. The highest BCUT2D eigenvalue weighted by molar-refractivity contribution is 6.07. The molecule has 6 heteroatoms. The lowest BCUT2D eigenvalue weighted by Gasteiger charge is -2.12. The maximum atomic E-state index is 12.8. The summed E-state index contributed by atoms with van der Waals surface area (Å²) in [5.74, 6) is 2.59. The van der Waals surface area contributed by atoms with E-state index in [-0.39, 0.29) is 5.78 Å². The van der Waals surface area contributed by atoms with Crippen molar-refractivity contribution in [1.82, 2.24) is 0 Å². The van der Waals surface area contributed by atoms with E-state index < -0.39 is 0 Å². The number of ketones is 1. The number of methoxy groups -OCH3 is 4. The SMILES string of the molecule is COCCCCOc1ccc(/C=C/c2cc(OC)cc(OC)c2/C=C/C(=O)c2cccc(OC)c2)cc1. The van der Waals surface area contributed by atoms with Crippen molar-refractivity contribution in [3.63, 3.8) is 0 Å². The van der Waals surface area contributed by atoms with Crippen molar-refractivity contribution in [3.8, 4) is 23.0 Å². The van der Waals surface area contributed by atoms with Crippen molar-refractivity contribution < 1.29 is 28.5 Å². The summed E-state index contributed by atoms with van der Waals surface area (Å²) in [5, 5.41) is 0. The molecule has 0 unspecified atom stereocenters. The molecule has 0 atom stereocenters. The van der Waals surface area contributed by atoms with E-state index in [9.17, 15) is 4.79 Å². The van der Waals surface area contributed by atoms with Gasteiger partial charge in [-0.2, -0.15) is 0 Å². The van der Waals surface area contributed by atoms with E-state index in [1.807, 2.05) is 42.5 Å². The molecular formula is C31H34O6. The smallest absolute Gasteiger partial charge is 0.185 e. The molecule has 0 spiro atoms. The molecule has 0 heterocycles. The molecule has 0 aliphatic carbocycles. The van der Waals surface area contributed by atoms with Gasteiger partial charge in [-0.15, -0.1) is 0 Å². The molecule has 0 radical (unpaired) electrons. The third kappa shape index (κ3) is 8.26. The van der Waals surface area contributed by atoms with E-state index in [1.54, 1.807) is 64.8 Å². The van der Waals surface area contributed by atoms with Gasteiger partial charge in [0.15, 0.2) is 5.78 Å². The van der Waals surface area contributed by atoms with Crippen LogP contribution in [0.5, 0.6) is 23.0 Å². The molecule has 194 valence electrons. The summed E-state index contributed by atoms with van der Waals surface area (Å²) in [6, 6.07) is 18.7. The lowest BCUT2D eigenvalue weighted by Crippen LogP contribution is -1.99. The fourth-order valence-electron chi connectivity index (χ4n) is 3.66. The molecule has 37 heavy (non-hydrogen) atoms. The van der Waals surface area contributed by atoms with Gasteiger partial charge in [0.2, 0.25) is 0 Å². The van der Waals surface area contributed by atoms with E-state index >= 15 is 0 Å². The quantitative estimate of drug-likeness (QED) is 0.107. The first-order valence-electron chi connectivity index (χ1n) is 12.1. The number of hydrogen-bond acceptors (Lipinski definition) is 6. The van der Waals surface area contributed by atoms with Crippen molar-refractivity contribution in [1.29, 1.82) is 0 Å². The largest absolute Gasteiger partial charge is 0.497 e. The lowest BCUT2D eigenvalue weighted by molar-refractivity contribution is 0.104. The minimum absolute atomic E-state index is 0.135. The van der Waals surface area contributed by atoms with Gasteiger partial charge in [0.1, 0.15) is 23.0 Å². The third-order valence-electron chi connectivity index (χ3n) is 5.71. The topological polar surface area (TPSA) is 63.2 Å². The maximum absolute atomic E-state index is 12.8. The summed E-state index contributed by atoms with van der Waals surface area (Å²) in [6.45, 7) is 1.40. The Morgan fingerprint density at radius 3 is 2.19 bits per heavy atom. The fraction of sp³-hybridized carbons (Fsp3) is 0.258. The van der Waals surface area contributed by atoms with Crippen molar-refractivity contribution >= 4 is 24.0 Å². The van der Waals surface area contributed by atoms with Gasteiger partial charge >= 0.3 is 0 Å². The Kier molecular flexibility index (Phi) is 10.8. The predicted molar refractivity (Wildman–Crippen MR) is 148 cm³/mol. The summed E-state index contributed by atoms with van der Waals surface area (Å²) < 4.78 is 27.2. The first kappa shape index (κ1) is 27.6. The Labute approximate surface area is 219 Å². The summed E-state index contributed by atoms with van der Waals surface area (Å²) >= 11 is 0. The Morgan fingerprint density at radius 1 is 0.730 bits per heavy atom. The highest BCUT2D eigenvalue weighted by Gasteiger charge is 2.10.